The number of hydrogen-bond acceptors (Lipinski definition) is 4. The summed E-state index contributed by atoms with van der Waals surface area (Å²) in [4.78, 5) is 42.5. The van der Waals surface area contributed by atoms with Crippen molar-refractivity contribution in [3.63, 3.8) is 0 Å². The lowest BCUT2D eigenvalue weighted by Crippen LogP contribution is -2.43. The highest BCUT2D eigenvalue weighted by Crippen LogP contribution is 2.35. The van der Waals surface area contributed by atoms with Crippen LogP contribution in [0.3, 0.4) is 0 Å². The summed E-state index contributed by atoms with van der Waals surface area (Å²) >= 11 is 5.88. The van der Waals surface area contributed by atoms with Gasteiger partial charge in [0, 0.05) is 39.4 Å². The first-order valence-electron chi connectivity index (χ1n) is 10.2. The molecule has 0 spiro atoms. The van der Waals surface area contributed by atoms with E-state index in [1.807, 2.05) is 0 Å². The van der Waals surface area contributed by atoms with Crippen LogP contribution in [-0.2, 0) is 13.1 Å². The van der Waals surface area contributed by atoms with Gasteiger partial charge in [0.1, 0.15) is 11.2 Å². The summed E-state index contributed by atoms with van der Waals surface area (Å²) in [5.74, 6) is -1.68. The maximum Gasteiger partial charge on any atom is 0.274 e. The third kappa shape index (κ3) is 2.99. The maximum absolute atomic E-state index is 13.6. The second kappa shape index (κ2) is 7.37. The summed E-state index contributed by atoms with van der Waals surface area (Å²) in [5, 5.41) is 10.8. The third-order valence-electron chi connectivity index (χ3n) is 6.17. The largest absolute Gasteiger partial charge is 0.505 e. The van der Waals surface area contributed by atoms with Gasteiger partial charge in [-0.3, -0.25) is 14.4 Å². The second-order valence-electron chi connectivity index (χ2n) is 8.17. The van der Waals surface area contributed by atoms with Crippen LogP contribution in [0, 0.1) is 5.82 Å². The Morgan fingerprint density at radius 2 is 1.94 bits per heavy atom. The van der Waals surface area contributed by atoms with Crippen LogP contribution in [-0.4, -0.2) is 62.5 Å². The normalized spacial score (nSPS) is 15.8. The number of nitrogens with zero attached hydrogens (tertiary/aromatic N) is 4. The number of carbonyl (C=O) groups is 2. The predicted molar refractivity (Wildman–Crippen MR) is 116 cm³/mol. The molecule has 4 heterocycles. The Bertz CT molecular complexity index is 1360. The lowest BCUT2D eigenvalue weighted by molar-refractivity contribution is 0.0650. The van der Waals surface area contributed by atoms with E-state index in [0.29, 0.717) is 31.7 Å². The van der Waals surface area contributed by atoms with Gasteiger partial charge >= 0.3 is 0 Å². The molecular weight excluding hydrogens is 439 g/mol. The van der Waals surface area contributed by atoms with Gasteiger partial charge in [0.15, 0.2) is 11.4 Å². The molecule has 2 aromatic heterocycles. The van der Waals surface area contributed by atoms with Crippen LogP contribution in [0.15, 0.2) is 29.2 Å². The van der Waals surface area contributed by atoms with Crippen LogP contribution in [0.1, 0.15) is 32.8 Å². The standard InChI is InChI=1S/C22H20ClFN4O4/c1-25-7-8-28-17-13(20(30)26-5-2-6-26)11-27(10-12-3-4-15(24)14(23)9-12)21(31)16(17)19(29)18(28)22(25)32/h3-4,9,11,29H,2,5-8,10H2,1H3. The zero-order chi connectivity index (χ0) is 22.7. The van der Waals surface area contributed by atoms with Gasteiger partial charge < -0.3 is 24.0 Å². The van der Waals surface area contributed by atoms with Crippen LogP contribution in [0.5, 0.6) is 5.75 Å². The summed E-state index contributed by atoms with van der Waals surface area (Å²) < 4.78 is 16.4. The number of halogens is 2. The zero-order valence-corrected chi connectivity index (χ0v) is 18.0. The minimum Gasteiger partial charge on any atom is -0.505 e. The number of likely N-dealkylation sites (N-methyl/N-ethyl adjacent to an activating group) is 1. The Labute approximate surface area is 187 Å². The Morgan fingerprint density at radius 3 is 2.59 bits per heavy atom. The van der Waals surface area contributed by atoms with Crippen LogP contribution < -0.4 is 5.56 Å². The number of benzene rings is 1. The molecule has 0 atom stereocenters. The van der Waals surface area contributed by atoms with E-state index >= 15 is 0 Å². The van der Waals surface area contributed by atoms with Gasteiger partial charge in [-0.05, 0) is 24.1 Å². The molecule has 5 rings (SSSR count). The molecule has 1 N–H and O–H groups in total. The van der Waals surface area contributed by atoms with E-state index in [9.17, 15) is 23.9 Å². The van der Waals surface area contributed by atoms with E-state index in [-0.39, 0.29) is 39.6 Å². The van der Waals surface area contributed by atoms with Crippen molar-refractivity contribution in [1.82, 2.24) is 18.9 Å². The molecule has 32 heavy (non-hydrogen) atoms. The van der Waals surface area contributed by atoms with Crippen LogP contribution in [0.4, 0.5) is 4.39 Å². The molecule has 0 saturated carbocycles. The Balaban J connectivity index is 1.75. The summed E-state index contributed by atoms with van der Waals surface area (Å²) in [5.41, 5.74) is 0.529. The molecular formula is C22H20ClFN4O4. The average molecular weight is 459 g/mol. The van der Waals surface area contributed by atoms with E-state index in [2.05, 4.69) is 0 Å². The van der Waals surface area contributed by atoms with Gasteiger partial charge in [-0.15, -0.1) is 0 Å². The molecule has 2 amide bonds. The summed E-state index contributed by atoms with van der Waals surface area (Å²) in [6.07, 6.45) is 2.35. The van der Waals surface area contributed by atoms with E-state index in [1.165, 1.54) is 33.9 Å². The molecule has 0 radical (unpaired) electrons. The Morgan fingerprint density at radius 1 is 1.19 bits per heavy atom. The van der Waals surface area contributed by atoms with Crippen molar-refractivity contribution in [3.8, 4) is 5.75 Å². The van der Waals surface area contributed by atoms with Crippen molar-refractivity contribution in [1.29, 1.82) is 0 Å². The maximum atomic E-state index is 13.6. The fourth-order valence-electron chi connectivity index (χ4n) is 4.28. The fourth-order valence-corrected chi connectivity index (χ4v) is 4.48. The number of carbonyl (C=O) groups excluding carboxylic acids is 2. The highest BCUT2D eigenvalue weighted by molar-refractivity contribution is 6.30. The third-order valence-corrected chi connectivity index (χ3v) is 6.46. The summed E-state index contributed by atoms with van der Waals surface area (Å²) in [6.45, 7) is 1.97. The Kier molecular flexibility index (Phi) is 4.74. The van der Waals surface area contributed by atoms with Gasteiger partial charge in [-0.1, -0.05) is 17.7 Å². The number of aromatic nitrogens is 2. The fraction of sp³-hybridized carbons (Fsp3) is 0.318. The molecule has 3 aromatic rings. The first-order valence-corrected chi connectivity index (χ1v) is 10.6. The molecule has 8 nitrogen and oxygen atoms in total. The molecule has 1 fully saturated rings. The smallest absolute Gasteiger partial charge is 0.274 e. The highest BCUT2D eigenvalue weighted by atomic mass is 35.5. The van der Waals surface area contributed by atoms with Gasteiger partial charge in [-0.2, -0.15) is 0 Å². The predicted octanol–water partition coefficient (Wildman–Crippen LogP) is 2.28. The number of likely N-dealkylation sites (tertiary alicyclic amines) is 1. The van der Waals surface area contributed by atoms with E-state index in [0.717, 1.165) is 6.42 Å². The monoisotopic (exact) mass is 458 g/mol. The Hall–Kier alpha value is -3.33. The summed E-state index contributed by atoms with van der Waals surface area (Å²) in [7, 11) is 1.62. The number of pyridine rings is 1. The molecule has 1 saturated heterocycles. The van der Waals surface area contributed by atoms with Gasteiger partial charge in [0.25, 0.3) is 17.4 Å². The number of rotatable bonds is 3. The molecule has 2 aliphatic heterocycles. The van der Waals surface area contributed by atoms with Crippen molar-refractivity contribution >= 4 is 34.3 Å². The lowest BCUT2D eigenvalue weighted by atomic mass is 10.1. The quantitative estimate of drug-likeness (QED) is 0.652. The van der Waals surface area contributed by atoms with E-state index in [4.69, 9.17) is 11.6 Å². The first kappa shape index (κ1) is 20.6. The first-order chi connectivity index (χ1) is 15.3. The van der Waals surface area contributed by atoms with Gasteiger partial charge in [-0.25, -0.2) is 4.39 Å². The number of fused-ring (bicyclic) bond motifs is 3. The van der Waals surface area contributed by atoms with E-state index in [1.54, 1.807) is 16.5 Å². The number of aromatic hydroxyl groups is 1. The van der Waals surface area contributed by atoms with Crippen molar-refractivity contribution in [2.75, 3.05) is 26.7 Å². The zero-order valence-electron chi connectivity index (χ0n) is 17.3. The van der Waals surface area contributed by atoms with Crippen LogP contribution >= 0.6 is 11.6 Å². The topological polar surface area (TPSA) is 87.8 Å². The van der Waals surface area contributed by atoms with Crippen molar-refractivity contribution in [2.24, 2.45) is 0 Å². The van der Waals surface area contributed by atoms with Gasteiger partial charge in [0.2, 0.25) is 0 Å². The highest BCUT2D eigenvalue weighted by Gasteiger charge is 2.34. The number of amides is 2. The second-order valence-corrected chi connectivity index (χ2v) is 8.58. The van der Waals surface area contributed by atoms with Crippen LogP contribution in [0.25, 0.3) is 10.9 Å². The molecule has 0 unspecified atom stereocenters. The van der Waals surface area contributed by atoms with Crippen molar-refractivity contribution in [3.05, 3.63) is 62.4 Å². The molecule has 0 bridgehead atoms. The van der Waals surface area contributed by atoms with E-state index < -0.39 is 23.0 Å². The minimum absolute atomic E-state index is 0.00564. The van der Waals surface area contributed by atoms with Crippen molar-refractivity contribution in [2.45, 2.75) is 19.5 Å². The van der Waals surface area contributed by atoms with Crippen molar-refractivity contribution < 1.29 is 19.1 Å². The SMILES string of the molecule is CN1CCn2c(c(O)c3c(=O)n(Cc4ccc(F)c(Cl)c4)cc(C(=O)N4CCC4)c32)C1=O. The lowest BCUT2D eigenvalue weighted by Gasteiger charge is -2.31. The molecule has 10 heteroatoms. The van der Waals surface area contributed by atoms with Gasteiger partial charge in [0.05, 0.1) is 22.6 Å². The minimum atomic E-state index is -0.577. The molecule has 2 aliphatic rings. The van der Waals surface area contributed by atoms with Crippen LogP contribution in [0.2, 0.25) is 5.02 Å². The molecule has 0 aliphatic carbocycles. The molecule has 1 aromatic carbocycles. The molecule has 166 valence electrons. The summed E-state index contributed by atoms with van der Waals surface area (Å²) in [6, 6.07) is 4.11. The average Bonchev–Trinajstić information content (AvgIpc) is 3.01. The number of hydrogen-bond donors (Lipinski definition) is 1.